The van der Waals surface area contributed by atoms with Crippen molar-refractivity contribution in [2.45, 2.75) is 45.8 Å². The maximum Gasteiger partial charge on any atom is 0.242 e. The fourth-order valence-electron chi connectivity index (χ4n) is 4.79. The second-order valence-electron chi connectivity index (χ2n) is 9.43. The van der Waals surface area contributed by atoms with Gasteiger partial charge in [0.15, 0.2) is 5.16 Å². The number of piperidine rings is 1. The van der Waals surface area contributed by atoms with Gasteiger partial charge in [-0.05, 0) is 67.5 Å². The van der Waals surface area contributed by atoms with Crippen LogP contribution in [0.25, 0.3) is 11.0 Å². The number of amides is 2. The highest BCUT2D eigenvalue weighted by Crippen LogP contribution is 2.26. The molecule has 3 aromatic rings. The molecule has 1 fully saturated rings. The van der Waals surface area contributed by atoms with E-state index in [0.717, 1.165) is 47.4 Å². The summed E-state index contributed by atoms with van der Waals surface area (Å²) in [6, 6.07) is 13.8. The molecule has 0 spiro atoms. The van der Waals surface area contributed by atoms with Crippen LogP contribution in [0.5, 0.6) is 0 Å². The molecule has 0 radical (unpaired) electrons. The number of aromatic nitrogens is 2. The van der Waals surface area contributed by atoms with Gasteiger partial charge in [-0.2, -0.15) is 0 Å². The average molecular weight is 465 g/mol. The Morgan fingerprint density at radius 2 is 1.73 bits per heavy atom. The summed E-state index contributed by atoms with van der Waals surface area (Å²) in [7, 11) is 0. The number of thioether (sulfide) groups is 1. The van der Waals surface area contributed by atoms with Crippen molar-refractivity contribution in [3.8, 4) is 0 Å². The molecule has 1 N–H and O–H groups in total. The molecule has 0 saturated carbocycles. The second-order valence-corrected chi connectivity index (χ2v) is 10.4. The number of anilines is 1. The molecule has 7 heteroatoms. The zero-order valence-corrected chi connectivity index (χ0v) is 20.6. The van der Waals surface area contributed by atoms with E-state index >= 15 is 0 Å². The number of nitrogens with one attached hydrogen (secondary N) is 1. The van der Waals surface area contributed by atoms with Crippen molar-refractivity contribution in [1.82, 2.24) is 14.5 Å². The normalized spacial score (nSPS) is 18.5. The van der Waals surface area contributed by atoms with E-state index in [9.17, 15) is 9.59 Å². The molecule has 174 valence electrons. The number of aryl methyl sites for hydroxylation is 2. The molecule has 33 heavy (non-hydrogen) atoms. The zero-order chi connectivity index (χ0) is 23.5. The summed E-state index contributed by atoms with van der Waals surface area (Å²) in [6.45, 7) is 10.3. The van der Waals surface area contributed by atoms with Crippen molar-refractivity contribution in [3.63, 3.8) is 0 Å². The van der Waals surface area contributed by atoms with Gasteiger partial charge >= 0.3 is 0 Å². The van der Waals surface area contributed by atoms with Gasteiger partial charge < -0.3 is 14.8 Å². The number of nitrogens with zero attached hydrogens (tertiary/aromatic N) is 3. The van der Waals surface area contributed by atoms with Crippen LogP contribution in [0.4, 0.5) is 5.69 Å². The van der Waals surface area contributed by atoms with Gasteiger partial charge in [0.25, 0.3) is 0 Å². The Labute approximate surface area is 199 Å². The Bertz CT molecular complexity index is 1140. The fraction of sp³-hybridized carbons (Fsp3) is 0.423. The Morgan fingerprint density at radius 3 is 2.42 bits per heavy atom. The third-order valence-electron chi connectivity index (χ3n) is 5.97. The first-order chi connectivity index (χ1) is 15.8. The molecule has 1 aliphatic heterocycles. The predicted octanol–water partition coefficient (Wildman–Crippen LogP) is 4.89. The lowest BCUT2D eigenvalue weighted by Gasteiger charge is -2.35. The lowest BCUT2D eigenvalue weighted by molar-refractivity contribution is -0.134. The molecule has 6 nitrogen and oxygen atoms in total. The van der Waals surface area contributed by atoms with Crippen LogP contribution in [0.1, 0.15) is 31.4 Å². The topological polar surface area (TPSA) is 67.2 Å². The Morgan fingerprint density at radius 1 is 1.06 bits per heavy atom. The summed E-state index contributed by atoms with van der Waals surface area (Å²) in [6.07, 6.45) is 1.16. The summed E-state index contributed by atoms with van der Waals surface area (Å²) in [5.74, 6) is 1.27. The van der Waals surface area contributed by atoms with E-state index < -0.39 is 0 Å². The maximum atomic E-state index is 13.2. The van der Waals surface area contributed by atoms with Gasteiger partial charge in [-0.3, -0.25) is 9.59 Å². The van der Waals surface area contributed by atoms with Crippen LogP contribution in [0.15, 0.2) is 47.6 Å². The smallest absolute Gasteiger partial charge is 0.242 e. The zero-order valence-electron chi connectivity index (χ0n) is 19.8. The Hall–Kier alpha value is -2.80. The second kappa shape index (κ2) is 10.00. The Balaban J connectivity index is 1.49. The van der Waals surface area contributed by atoms with Crippen molar-refractivity contribution >= 4 is 40.3 Å². The van der Waals surface area contributed by atoms with E-state index in [0.29, 0.717) is 17.0 Å². The molecule has 0 bridgehead atoms. The van der Waals surface area contributed by atoms with Crippen molar-refractivity contribution in [2.24, 2.45) is 11.8 Å². The van der Waals surface area contributed by atoms with Crippen molar-refractivity contribution in [1.29, 1.82) is 0 Å². The van der Waals surface area contributed by atoms with E-state index in [4.69, 9.17) is 4.98 Å². The largest absolute Gasteiger partial charge is 0.341 e. The summed E-state index contributed by atoms with van der Waals surface area (Å²) in [4.78, 5) is 32.5. The first-order valence-electron chi connectivity index (χ1n) is 11.5. The molecule has 2 heterocycles. The van der Waals surface area contributed by atoms with Gasteiger partial charge in [-0.15, -0.1) is 0 Å². The monoisotopic (exact) mass is 464 g/mol. The molecular weight excluding hydrogens is 432 g/mol. The van der Waals surface area contributed by atoms with Gasteiger partial charge in [-0.25, -0.2) is 4.98 Å². The molecule has 2 atom stereocenters. The first kappa shape index (κ1) is 23.4. The number of benzene rings is 2. The van der Waals surface area contributed by atoms with E-state index in [1.165, 1.54) is 11.8 Å². The number of hydrogen-bond donors (Lipinski definition) is 1. The Kier molecular flexibility index (Phi) is 7.08. The van der Waals surface area contributed by atoms with E-state index in [-0.39, 0.29) is 24.1 Å². The summed E-state index contributed by atoms with van der Waals surface area (Å²) in [5.41, 5.74) is 4.78. The number of likely N-dealkylation sites (tertiary alicyclic amines) is 1. The van der Waals surface area contributed by atoms with Crippen LogP contribution < -0.4 is 5.32 Å². The summed E-state index contributed by atoms with van der Waals surface area (Å²) >= 11 is 1.37. The number of hydrogen-bond acceptors (Lipinski definition) is 4. The van der Waals surface area contributed by atoms with E-state index in [1.54, 1.807) is 0 Å². The SMILES string of the molecule is Cc1cc(C)cc(NC(=O)CSc2nc3ccccc3n2CC(=O)N2CC(C)CC(C)C2)c1. The lowest BCUT2D eigenvalue weighted by atomic mass is 9.92. The highest BCUT2D eigenvalue weighted by Gasteiger charge is 2.26. The third-order valence-corrected chi connectivity index (χ3v) is 6.95. The van der Waals surface area contributed by atoms with E-state index in [1.807, 2.05) is 59.7 Å². The number of imidazole rings is 1. The first-order valence-corrected chi connectivity index (χ1v) is 12.5. The maximum absolute atomic E-state index is 13.2. The van der Waals surface area contributed by atoms with Crippen LogP contribution in [0.3, 0.4) is 0 Å². The minimum Gasteiger partial charge on any atom is -0.341 e. The minimum absolute atomic E-state index is 0.0892. The van der Waals surface area contributed by atoms with Crippen LogP contribution in [0, 0.1) is 25.7 Å². The van der Waals surface area contributed by atoms with Gasteiger partial charge in [-0.1, -0.05) is 43.8 Å². The predicted molar refractivity (Wildman–Crippen MR) is 135 cm³/mol. The number of fused-ring (bicyclic) bond motifs is 1. The van der Waals surface area contributed by atoms with Crippen LogP contribution in [0.2, 0.25) is 0 Å². The summed E-state index contributed by atoms with van der Waals surface area (Å²) in [5, 5.41) is 3.67. The average Bonchev–Trinajstić information content (AvgIpc) is 3.08. The number of carbonyl (C=O) groups excluding carboxylic acids is 2. The number of para-hydroxylation sites is 2. The van der Waals surface area contributed by atoms with Crippen molar-refractivity contribution in [3.05, 3.63) is 53.6 Å². The molecule has 4 rings (SSSR count). The highest BCUT2D eigenvalue weighted by atomic mass is 32.2. The van der Waals surface area contributed by atoms with Gasteiger partial charge in [0.1, 0.15) is 6.54 Å². The lowest BCUT2D eigenvalue weighted by Crippen LogP contribution is -2.44. The third kappa shape index (κ3) is 5.77. The molecule has 2 amide bonds. The number of carbonyl (C=O) groups is 2. The van der Waals surface area contributed by atoms with E-state index in [2.05, 4.69) is 25.2 Å². The minimum atomic E-state index is -0.0892. The standard InChI is InChI=1S/C26H32N4O2S/c1-17-9-18(2)12-21(11-17)27-24(31)16-33-26-28-22-7-5-6-8-23(22)30(26)15-25(32)29-13-19(3)10-20(4)14-29/h5-9,11-12,19-20H,10,13-16H2,1-4H3,(H,27,31). The number of rotatable bonds is 6. The molecular formula is C26H32N4O2S. The van der Waals surface area contributed by atoms with Gasteiger partial charge in [0.05, 0.1) is 16.8 Å². The van der Waals surface area contributed by atoms with Gasteiger partial charge in [0, 0.05) is 18.8 Å². The van der Waals surface area contributed by atoms with Gasteiger partial charge in [0.2, 0.25) is 11.8 Å². The summed E-state index contributed by atoms with van der Waals surface area (Å²) < 4.78 is 1.95. The quantitative estimate of drug-likeness (QED) is 0.528. The molecule has 1 aliphatic rings. The molecule has 1 aromatic heterocycles. The molecule has 0 aliphatic carbocycles. The van der Waals surface area contributed by atoms with Crippen LogP contribution in [-0.2, 0) is 16.1 Å². The molecule has 2 unspecified atom stereocenters. The van der Waals surface area contributed by atoms with Crippen molar-refractivity contribution in [2.75, 3.05) is 24.2 Å². The van der Waals surface area contributed by atoms with Crippen molar-refractivity contribution < 1.29 is 9.59 Å². The molecule has 2 aromatic carbocycles. The fourth-order valence-corrected chi connectivity index (χ4v) is 5.61. The highest BCUT2D eigenvalue weighted by molar-refractivity contribution is 7.99. The van der Waals surface area contributed by atoms with Crippen LogP contribution >= 0.6 is 11.8 Å². The molecule has 1 saturated heterocycles. The van der Waals surface area contributed by atoms with Crippen LogP contribution in [-0.4, -0.2) is 45.1 Å².